The predicted octanol–water partition coefficient (Wildman–Crippen LogP) is -2.83. The van der Waals surface area contributed by atoms with E-state index in [9.17, 15) is 4.57 Å². The zero-order chi connectivity index (χ0) is 11.4. The van der Waals surface area contributed by atoms with E-state index in [2.05, 4.69) is 4.52 Å². The van der Waals surface area contributed by atoms with Crippen LogP contribution in [0.5, 0.6) is 0 Å². The summed E-state index contributed by atoms with van der Waals surface area (Å²) >= 11 is 0. The van der Waals surface area contributed by atoms with Crippen LogP contribution in [-0.4, -0.2) is 61.7 Å². The third-order valence-corrected chi connectivity index (χ3v) is 1.96. The summed E-state index contributed by atoms with van der Waals surface area (Å²) in [6, 6.07) is 0. The molecule has 0 rings (SSSR count). The molecule has 0 radical (unpaired) electrons. The second-order valence-electron chi connectivity index (χ2n) is 2.56. The molecule has 0 fully saturated rings. The van der Waals surface area contributed by atoms with Crippen LogP contribution < -0.4 is 0 Å². The SMILES string of the molecule is O=P(O)(O)O[C@H](CO)[C@@H](O)[C@H](O)CO. The van der Waals surface area contributed by atoms with Crippen molar-refractivity contribution in [2.75, 3.05) is 13.2 Å². The molecule has 0 aromatic rings. The molecule has 6 N–H and O–H groups in total. The van der Waals surface area contributed by atoms with Gasteiger partial charge in [0, 0.05) is 0 Å². The van der Waals surface area contributed by atoms with E-state index >= 15 is 0 Å². The molecule has 0 unspecified atom stereocenters. The van der Waals surface area contributed by atoms with Gasteiger partial charge in [0.15, 0.2) is 0 Å². The number of phosphoric ester groups is 1. The van der Waals surface area contributed by atoms with E-state index in [0.29, 0.717) is 0 Å². The number of phosphoric acid groups is 1. The van der Waals surface area contributed by atoms with Gasteiger partial charge in [-0.1, -0.05) is 0 Å². The molecule has 8 nitrogen and oxygen atoms in total. The lowest BCUT2D eigenvalue weighted by molar-refractivity contribution is -0.0871. The first kappa shape index (κ1) is 13.9. The highest BCUT2D eigenvalue weighted by Gasteiger charge is 2.31. The maximum Gasteiger partial charge on any atom is 0.470 e. The Kier molecular flexibility index (Phi) is 5.72. The number of hydrogen-bond donors (Lipinski definition) is 6. The van der Waals surface area contributed by atoms with E-state index < -0.39 is 39.3 Å². The Morgan fingerprint density at radius 1 is 1.14 bits per heavy atom. The maximum absolute atomic E-state index is 10.3. The lowest BCUT2D eigenvalue weighted by Crippen LogP contribution is -2.42. The van der Waals surface area contributed by atoms with Crippen LogP contribution in [0.15, 0.2) is 0 Å². The van der Waals surface area contributed by atoms with E-state index in [-0.39, 0.29) is 0 Å². The zero-order valence-electron chi connectivity index (χ0n) is 7.09. The Bertz CT molecular complexity index is 202. The van der Waals surface area contributed by atoms with Crippen LogP contribution in [-0.2, 0) is 9.09 Å². The van der Waals surface area contributed by atoms with Crippen molar-refractivity contribution in [3.8, 4) is 0 Å². The molecule has 0 amide bonds. The van der Waals surface area contributed by atoms with Crippen LogP contribution in [0.25, 0.3) is 0 Å². The Balaban J connectivity index is 4.33. The van der Waals surface area contributed by atoms with Crippen molar-refractivity contribution >= 4 is 7.82 Å². The fraction of sp³-hybridized carbons (Fsp3) is 1.00. The third-order valence-electron chi connectivity index (χ3n) is 1.41. The molecule has 0 aliphatic carbocycles. The Hall–Kier alpha value is -0.0500. The fourth-order valence-corrected chi connectivity index (χ4v) is 1.28. The third kappa shape index (κ3) is 4.99. The predicted molar refractivity (Wildman–Crippen MR) is 43.1 cm³/mol. The molecular weight excluding hydrogens is 219 g/mol. The molecule has 0 bridgehead atoms. The number of aliphatic hydroxyl groups excluding tert-OH is 4. The molecule has 0 aliphatic heterocycles. The van der Waals surface area contributed by atoms with E-state index in [1.807, 2.05) is 0 Å². The highest BCUT2D eigenvalue weighted by molar-refractivity contribution is 7.46. The van der Waals surface area contributed by atoms with E-state index in [1.165, 1.54) is 0 Å². The summed E-state index contributed by atoms with van der Waals surface area (Å²) < 4.78 is 14.3. The molecule has 86 valence electrons. The van der Waals surface area contributed by atoms with Crippen molar-refractivity contribution in [2.24, 2.45) is 0 Å². The summed E-state index contributed by atoms with van der Waals surface area (Å²) in [6.07, 6.45) is -5.07. The standard InChI is InChI=1S/C5H13O8P/c6-1-3(8)5(9)4(2-7)13-14(10,11)12/h3-9H,1-2H2,(H2,10,11,12)/t3-,4-,5+/m1/s1. The van der Waals surface area contributed by atoms with Crippen molar-refractivity contribution in [1.29, 1.82) is 0 Å². The molecule has 0 heterocycles. The largest absolute Gasteiger partial charge is 0.470 e. The van der Waals surface area contributed by atoms with Gasteiger partial charge in [-0.25, -0.2) is 4.57 Å². The van der Waals surface area contributed by atoms with Gasteiger partial charge >= 0.3 is 7.82 Å². The van der Waals surface area contributed by atoms with Crippen molar-refractivity contribution in [3.05, 3.63) is 0 Å². The summed E-state index contributed by atoms with van der Waals surface area (Å²) in [6.45, 7) is -1.72. The van der Waals surface area contributed by atoms with Gasteiger partial charge in [-0.3, -0.25) is 4.52 Å². The first-order valence-corrected chi connectivity index (χ1v) is 5.16. The Labute approximate surface area is 79.6 Å². The molecule has 0 saturated carbocycles. The van der Waals surface area contributed by atoms with Gasteiger partial charge in [0.2, 0.25) is 0 Å². The molecule has 0 aromatic carbocycles. The summed E-state index contributed by atoms with van der Waals surface area (Å²) in [5, 5.41) is 35.0. The van der Waals surface area contributed by atoms with Crippen molar-refractivity contribution in [3.63, 3.8) is 0 Å². The average molecular weight is 232 g/mol. The monoisotopic (exact) mass is 232 g/mol. The van der Waals surface area contributed by atoms with Crippen LogP contribution in [0, 0.1) is 0 Å². The Morgan fingerprint density at radius 2 is 1.64 bits per heavy atom. The van der Waals surface area contributed by atoms with E-state index in [4.69, 9.17) is 30.2 Å². The minimum atomic E-state index is -4.86. The number of hydrogen-bond acceptors (Lipinski definition) is 6. The number of aliphatic hydroxyl groups is 4. The number of rotatable bonds is 6. The molecule has 0 spiro atoms. The molecule has 9 heteroatoms. The van der Waals surface area contributed by atoms with Gasteiger partial charge in [0.05, 0.1) is 13.2 Å². The summed E-state index contributed by atoms with van der Waals surface area (Å²) in [5.41, 5.74) is 0. The van der Waals surface area contributed by atoms with Gasteiger partial charge in [0.1, 0.15) is 18.3 Å². The minimum absolute atomic E-state index is 0.817. The molecular formula is C5H13O8P. The van der Waals surface area contributed by atoms with E-state index in [1.54, 1.807) is 0 Å². The minimum Gasteiger partial charge on any atom is -0.394 e. The summed E-state index contributed by atoms with van der Waals surface area (Å²) in [5.74, 6) is 0. The molecule has 14 heavy (non-hydrogen) atoms. The summed E-state index contributed by atoms with van der Waals surface area (Å²) in [4.78, 5) is 16.7. The summed E-state index contributed by atoms with van der Waals surface area (Å²) in [7, 11) is -4.86. The van der Waals surface area contributed by atoms with Gasteiger partial charge in [-0.15, -0.1) is 0 Å². The smallest absolute Gasteiger partial charge is 0.394 e. The fourth-order valence-electron chi connectivity index (χ4n) is 0.736. The zero-order valence-corrected chi connectivity index (χ0v) is 7.99. The second kappa shape index (κ2) is 5.74. The lowest BCUT2D eigenvalue weighted by Gasteiger charge is -2.24. The molecule has 0 saturated heterocycles. The maximum atomic E-state index is 10.3. The van der Waals surface area contributed by atoms with Gasteiger partial charge in [-0.2, -0.15) is 0 Å². The lowest BCUT2D eigenvalue weighted by atomic mass is 10.1. The van der Waals surface area contributed by atoms with Crippen molar-refractivity contribution in [2.45, 2.75) is 18.3 Å². The molecule has 0 aromatic heterocycles. The van der Waals surface area contributed by atoms with E-state index in [0.717, 1.165) is 0 Å². The quantitative estimate of drug-likeness (QED) is 0.268. The molecule has 3 atom stereocenters. The topological polar surface area (TPSA) is 148 Å². The van der Waals surface area contributed by atoms with Gasteiger partial charge < -0.3 is 30.2 Å². The highest BCUT2D eigenvalue weighted by Crippen LogP contribution is 2.38. The van der Waals surface area contributed by atoms with Crippen LogP contribution in [0.1, 0.15) is 0 Å². The van der Waals surface area contributed by atoms with Gasteiger partial charge in [-0.05, 0) is 0 Å². The first-order chi connectivity index (χ1) is 6.31. The van der Waals surface area contributed by atoms with Crippen LogP contribution in [0.2, 0.25) is 0 Å². The van der Waals surface area contributed by atoms with Crippen LogP contribution in [0.3, 0.4) is 0 Å². The molecule has 0 aliphatic rings. The van der Waals surface area contributed by atoms with Crippen molar-refractivity contribution in [1.82, 2.24) is 0 Å². The average Bonchev–Trinajstić information content (AvgIpc) is 2.10. The highest BCUT2D eigenvalue weighted by atomic mass is 31.2. The second-order valence-corrected chi connectivity index (χ2v) is 3.75. The van der Waals surface area contributed by atoms with Gasteiger partial charge in [0.25, 0.3) is 0 Å². The normalized spacial score (nSPS) is 19.0. The Morgan fingerprint density at radius 3 is 1.93 bits per heavy atom. The van der Waals surface area contributed by atoms with Crippen LogP contribution in [0.4, 0.5) is 0 Å². The first-order valence-electron chi connectivity index (χ1n) is 3.63. The van der Waals surface area contributed by atoms with Crippen LogP contribution >= 0.6 is 7.82 Å². The van der Waals surface area contributed by atoms with Crippen molar-refractivity contribution < 1.29 is 39.3 Å².